The highest BCUT2D eigenvalue weighted by Crippen LogP contribution is 2.19. The Balaban J connectivity index is 2.76. The summed E-state index contributed by atoms with van der Waals surface area (Å²) < 4.78 is 0. The highest BCUT2D eigenvalue weighted by molar-refractivity contribution is 6.36. The molecule has 0 aliphatic rings. The first-order chi connectivity index (χ1) is 6.59. The zero-order valence-electron chi connectivity index (χ0n) is 7.42. The fraction of sp³-hybridized carbons (Fsp3) is 0.111. The van der Waals surface area contributed by atoms with Gasteiger partial charge in [-0.05, 0) is 12.1 Å². The van der Waals surface area contributed by atoms with E-state index < -0.39 is 0 Å². The molecule has 1 N–H and O–H groups in total. The van der Waals surface area contributed by atoms with Crippen LogP contribution in [0.25, 0.3) is 0 Å². The highest BCUT2D eigenvalue weighted by Gasteiger charge is 1.97. The van der Waals surface area contributed by atoms with Crippen molar-refractivity contribution in [1.82, 2.24) is 5.43 Å². The molecule has 0 fully saturated rings. The number of rotatable bonds is 2. The van der Waals surface area contributed by atoms with E-state index in [1.807, 2.05) is 0 Å². The Morgan fingerprint density at radius 3 is 2.79 bits per heavy atom. The van der Waals surface area contributed by atoms with Crippen molar-refractivity contribution in [3.8, 4) is 0 Å². The van der Waals surface area contributed by atoms with Crippen molar-refractivity contribution in [2.75, 3.05) is 0 Å². The van der Waals surface area contributed by atoms with Gasteiger partial charge in [-0.25, -0.2) is 5.43 Å². The Morgan fingerprint density at radius 2 is 2.21 bits per heavy atom. The number of carbonyl (C=O) groups excluding carboxylic acids is 1. The average molecular weight is 231 g/mol. The van der Waals surface area contributed by atoms with Gasteiger partial charge < -0.3 is 0 Å². The Hall–Kier alpha value is -1.06. The molecule has 0 saturated heterocycles. The molecule has 0 saturated carbocycles. The van der Waals surface area contributed by atoms with E-state index in [9.17, 15) is 4.79 Å². The molecule has 0 unspecified atom stereocenters. The molecule has 0 aliphatic carbocycles. The number of hydrazone groups is 1. The van der Waals surface area contributed by atoms with Crippen molar-refractivity contribution < 1.29 is 4.79 Å². The average Bonchev–Trinajstić information content (AvgIpc) is 2.08. The Morgan fingerprint density at radius 1 is 1.50 bits per heavy atom. The van der Waals surface area contributed by atoms with Gasteiger partial charge in [-0.1, -0.05) is 29.3 Å². The quantitative estimate of drug-likeness (QED) is 0.616. The zero-order valence-corrected chi connectivity index (χ0v) is 8.93. The van der Waals surface area contributed by atoms with E-state index in [4.69, 9.17) is 23.2 Å². The first kappa shape index (κ1) is 11.0. The van der Waals surface area contributed by atoms with Crippen LogP contribution in [0.2, 0.25) is 10.0 Å². The molecule has 74 valence electrons. The van der Waals surface area contributed by atoms with Gasteiger partial charge in [0.2, 0.25) is 5.91 Å². The summed E-state index contributed by atoms with van der Waals surface area (Å²) in [5, 5.41) is 4.73. The first-order valence-electron chi connectivity index (χ1n) is 3.84. The van der Waals surface area contributed by atoms with Gasteiger partial charge in [-0.3, -0.25) is 4.79 Å². The standard InChI is InChI=1S/C9H8Cl2N2O/c1-6(14)13-12-5-7-2-3-8(10)4-9(7)11/h2-5H,1H3,(H,13,14)/b12-5-. The van der Waals surface area contributed by atoms with Crippen LogP contribution in [0.3, 0.4) is 0 Å². The molecule has 1 amide bonds. The van der Waals surface area contributed by atoms with Crippen molar-refractivity contribution in [2.45, 2.75) is 6.92 Å². The van der Waals surface area contributed by atoms with Crippen LogP contribution in [-0.4, -0.2) is 12.1 Å². The predicted molar refractivity (Wildman–Crippen MR) is 57.9 cm³/mol. The van der Waals surface area contributed by atoms with Gasteiger partial charge in [0.15, 0.2) is 0 Å². The normalized spacial score (nSPS) is 10.5. The maximum absolute atomic E-state index is 10.5. The van der Waals surface area contributed by atoms with E-state index >= 15 is 0 Å². The number of nitrogens with one attached hydrogen (secondary N) is 1. The number of benzene rings is 1. The number of halogens is 2. The van der Waals surface area contributed by atoms with Crippen molar-refractivity contribution >= 4 is 35.3 Å². The number of hydrogen-bond donors (Lipinski definition) is 1. The van der Waals surface area contributed by atoms with Crippen LogP contribution < -0.4 is 5.43 Å². The second kappa shape index (κ2) is 4.98. The summed E-state index contributed by atoms with van der Waals surface area (Å²) in [6.07, 6.45) is 1.46. The molecule has 0 spiro atoms. The van der Waals surface area contributed by atoms with Gasteiger partial charge in [-0.2, -0.15) is 5.10 Å². The van der Waals surface area contributed by atoms with Crippen LogP contribution in [0, 0.1) is 0 Å². The topological polar surface area (TPSA) is 41.5 Å². The molecule has 0 aliphatic heterocycles. The van der Waals surface area contributed by atoms with Crippen molar-refractivity contribution in [2.24, 2.45) is 5.10 Å². The zero-order chi connectivity index (χ0) is 10.6. The summed E-state index contributed by atoms with van der Waals surface area (Å²) in [7, 11) is 0. The van der Waals surface area contributed by atoms with E-state index in [1.54, 1.807) is 18.2 Å². The SMILES string of the molecule is CC(=O)N/N=C\c1ccc(Cl)cc1Cl. The lowest BCUT2D eigenvalue weighted by molar-refractivity contribution is -0.118. The third-order valence-corrected chi connectivity index (χ3v) is 1.95. The molecular formula is C9H8Cl2N2O. The van der Waals surface area contributed by atoms with Gasteiger partial charge in [0.05, 0.1) is 11.2 Å². The van der Waals surface area contributed by atoms with Crippen LogP contribution in [0.4, 0.5) is 0 Å². The summed E-state index contributed by atoms with van der Waals surface area (Å²) >= 11 is 11.6. The molecule has 1 aromatic rings. The number of amides is 1. The summed E-state index contributed by atoms with van der Waals surface area (Å²) in [5.41, 5.74) is 2.97. The number of carbonyl (C=O) groups is 1. The minimum Gasteiger partial charge on any atom is -0.274 e. The van der Waals surface area contributed by atoms with Crippen LogP contribution in [0.1, 0.15) is 12.5 Å². The fourth-order valence-corrected chi connectivity index (χ4v) is 1.26. The summed E-state index contributed by atoms with van der Waals surface area (Å²) in [5.74, 6) is -0.230. The molecule has 14 heavy (non-hydrogen) atoms. The number of hydrogen-bond acceptors (Lipinski definition) is 2. The lowest BCUT2D eigenvalue weighted by atomic mass is 10.2. The lowest BCUT2D eigenvalue weighted by Crippen LogP contribution is -2.12. The number of nitrogens with zero attached hydrogens (tertiary/aromatic N) is 1. The monoisotopic (exact) mass is 230 g/mol. The van der Waals surface area contributed by atoms with Crippen molar-refractivity contribution in [3.05, 3.63) is 33.8 Å². The van der Waals surface area contributed by atoms with E-state index in [0.29, 0.717) is 15.6 Å². The second-order valence-electron chi connectivity index (χ2n) is 2.59. The van der Waals surface area contributed by atoms with Gasteiger partial charge >= 0.3 is 0 Å². The molecular weight excluding hydrogens is 223 g/mol. The molecule has 0 aromatic heterocycles. The van der Waals surface area contributed by atoms with Gasteiger partial charge in [0, 0.05) is 17.5 Å². The summed E-state index contributed by atoms with van der Waals surface area (Å²) in [6, 6.07) is 5.02. The van der Waals surface area contributed by atoms with Crippen LogP contribution >= 0.6 is 23.2 Å². The minimum atomic E-state index is -0.230. The molecule has 0 radical (unpaired) electrons. The molecule has 0 bridgehead atoms. The third kappa shape index (κ3) is 3.36. The molecule has 1 rings (SSSR count). The van der Waals surface area contributed by atoms with Crippen molar-refractivity contribution in [3.63, 3.8) is 0 Å². The van der Waals surface area contributed by atoms with E-state index in [0.717, 1.165) is 0 Å². The van der Waals surface area contributed by atoms with E-state index in [-0.39, 0.29) is 5.91 Å². The van der Waals surface area contributed by atoms with Gasteiger partial charge in [0.1, 0.15) is 0 Å². The maximum Gasteiger partial charge on any atom is 0.236 e. The first-order valence-corrected chi connectivity index (χ1v) is 4.60. The third-order valence-electron chi connectivity index (χ3n) is 1.39. The van der Waals surface area contributed by atoms with Gasteiger partial charge in [-0.15, -0.1) is 0 Å². The molecule has 1 aromatic carbocycles. The maximum atomic E-state index is 10.5. The molecule has 3 nitrogen and oxygen atoms in total. The largest absolute Gasteiger partial charge is 0.274 e. The molecule has 0 heterocycles. The van der Waals surface area contributed by atoms with Crippen LogP contribution in [-0.2, 0) is 4.79 Å². The second-order valence-corrected chi connectivity index (χ2v) is 3.44. The smallest absolute Gasteiger partial charge is 0.236 e. The fourth-order valence-electron chi connectivity index (χ4n) is 0.799. The van der Waals surface area contributed by atoms with Crippen LogP contribution in [0.15, 0.2) is 23.3 Å². The van der Waals surface area contributed by atoms with Crippen molar-refractivity contribution in [1.29, 1.82) is 0 Å². The Kier molecular flexibility index (Phi) is 3.92. The molecule has 5 heteroatoms. The summed E-state index contributed by atoms with van der Waals surface area (Å²) in [4.78, 5) is 10.5. The van der Waals surface area contributed by atoms with E-state index in [2.05, 4.69) is 10.5 Å². The lowest BCUT2D eigenvalue weighted by Gasteiger charge is -1.97. The Labute approximate surface area is 91.7 Å². The van der Waals surface area contributed by atoms with E-state index in [1.165, 1.54) is 13.1 Å². The molecule has 0 atom stereocenters. The van der Waals surface area contributed by atoms with Crippen LogP contribution in [0.5, 0.6) is 0 Å². The Bertz CT molecular complexity index is 377. The predicted octanol–water partition coefficient (Wildman–Crippen LogP) is 2.46. The minimum absolute atomic E-state index is 0.230. The summed E-state index contributed by atoms with van der Waals surface area (Å²) in [6.45, 7) is 1.38. The highest BCUT2D eigenvalue weighted by atomic mass is 35.5. The van der Waals surface area contributed by atoms with Gasteiger partial charge in [0.25, 0.3) is 0 Å².